The van der Waals surface area contributed by atoms with E-state index in [1.807, 2.05) is 6.07 Å². The summed E-state index contributed by atoms with van der Waals surface area (Å²) in [5.74, 6) is -0.518. The summed E-state index contributed by atoms with van der Waals surface area (Å²) in [6, 6.07) is 6.37. The van der Waals surface area contributed by atoms with Crippen LogP contribution >= 0.6 is 23.1 Å². The molecule has 86 valence electrons. The second kappa shape index (κ2) is 5.12. The Kier molecular flexibility index (Phi) is 3.56. The zero-order valence-electron chi connectivity index (χ0n) is 8.77. The van der Waals surface area contributed by atoms with Crippen LogP contribution in [0.3, 0.4) is 0 Å². The molecule has 1 aromatic heterocycles. The van der Waals surface area contributed by atoms with Crippen molar-refractivity contribution < 1.29 is 4.39 Å². The Balaban J connectivity index is 2.30. The van der Waals surface area contributed by atoms with E-state index in [0.717, 1.165) is 0 Å². The molecule has 0 bridgehead atoms. The summed E-state index contributed by atoms with van der Waals surface area (Å²) < 4.78 is 14.0. The number of hydrogen-bond acceptors (Lipinski definition) is 6. The van der Waals surface area contributed by atoms with E-state index in [0.29, 0.717) is 14.4 Å². The summed E-state index contributed by atoms with van der Waals surface area (Å²) >= 11 is 2.58. The van der Waals surface area contributed by atoms with Crippen molar-refractivity contribution in [2.24, 2.45) is 0 Å². The van der Waals surface area contributed by atoms with Crippen LogP contribution in [0.5, 0.6) is 0 Å². The van der Waals surface area contributed by atoms with Crippen LogP contribution in [0.25, 0.3) is 0 Å². The molecule has 0 amide bonds. The second-order valence-electron chi connectivity index (χ2n) is 2.95. The number of benzene rings is 1. The third-order valence-electron chi connectivity index (χ3n) is 1.90. The van der Waals surface area contributed by atoms with Gasteiger partial charge >= 0.3 is 0 Å². The van der Waals surface area contributed by atoms with Crippen molar-refractivity contribution in [3.05, 3.63) is 29.6 Å². The molecule has 0 atom stereocenters. The van der Waals surface area contributed by atoms with Crippen molar-refractivity contribution in [1.29, 1.82) is 5.26 Å². The van der Waals surface area contributed by atoms with Gasteiger partial charge in [-0.15, -0.1) is 10.2 Å². The first-order chi connectivity index (χ1) is 8.24. The smallest absolute Gasteiger partial charge is 0.206 e. The van der Waals surface area contributed by atoms with Crippen LogP contribution in [0.4, 0.5) is 9.52 Å². The summed E-state index contributed by atoms with van der Waals surface area (Å²) in [4.78, 5) is 0.548. The van der Waals surface area contributed by atoms with Gasteiger partial charge in [-0.1, -0.05) is 29.2 Å². The van der Waals surface area contributed by atoms with Crippen LogP contribution < -0.4 is 5.32 Å². The SMILES string of the molecule is CNc1nnc(Sc2cccc(F)c2C#N)s1. The van der Waals surface area contributed by atoms with Crippen molar-refractivity contribution in [1.82, 2.24) is 10.2 Å². The van der Waals surface area contributed by atoms with Crippen molar-refractivity contribution in [2.75, 3.05) is 12.4 Å². The largest absolute Gasteiger partial charge is 0.363 e. The Morgan fingerprint density at radius 2 is 2.29 bits per heavy atom. The minimum atomic E-state index is -0.518. The highest BCUT2D eigenvalue weighted by molar-refractivity contribution is 8.01. The maximum atomic E-state index is 13.3. The zero-order valence-corrected chi connectivity index (χ0v) is 10.4. The average molecular weight is 266 g/mol. The Labute approximate surface area is 105 Å². The first-order valence-corrected chi connectivity index (χ1v) is 6.25. The van der Waals surface area contributed by atoms with E-state index in [2.05, 4.69) is 15.5 Å². The van der Waals surface area contributed by atoms with Gasteiger partial charge in [0.2, 0.25) is 5.13 Å². The minimum Gasteiger partial charge on any atom is -0.363 e. The van der Waals surface area contributed by atoms with Crippen molar-refractivity contribution in [2.45, 2.75) is 9.24 Å². The van der Waals surface area contributed by atoms with Gasteiger partial charge in [0, 0.05) is 11.9 Å². The number of nitriles is 1. The molecule has 0 spiro atoms. The topological polar surface area (TPSA) is 61.6 Å². The molecule has 0 radical (unpaired) electrons. The molecule has 0 aliphatic rings. The number of aromatic nitrogens is 2. The summed E-state index contributed by atoms with van der Waals surface area (Å²) in [6.07, 6.45) is 0. The predicted molar refractivity (Wildman–Crippen MR) is 64.7 cm³/mol. The highest BCUT2D eigenvalue weighted by Crippen LogP contribution is 2.34. The molecule has 0 saturated carbocycles. The van der Waals surface area contributed by atoms with E-state index in [9.17, 15) is 4.39 Å². The van der Waals surface area contributed by atoms with E-state index < -0.39 is 5.82 Å². The lowest BCUT2D eigenvalue weighted by Crippen LogP contribution is -1.86. The van der Waals surface area contributed by atoms with Gasteiger partial charge in [-0.25, -0.2) is 4.39 Å². The molecular weight excluding hydrogens is 259 g/mol. The van der Waals surface area contributed by atoms with E-state index in [4.69, 9.17) is 5.26 Å². The van der Waals surface area contributed by atoms with E-state index in [-0.39, 0.29) is 5.56 Å². The molecule has 0 aliphatic heterocycles. The lowest BCUT2D eigenvalue weighted by molar-refractivity contribution is 0.620. The fraction of sp³-hybridized carbons (Fsp3) is 0.100. The average Bonchev–Trinajstić information content (AvgIpc) is 2.77. The lowest BCUT2D eigenvalue weighted by Gasteiger charge is -2.00. The lowest BCUT2D eigenvalue weighted by atomic mass is 10.2. The van der Waals surface area contributed by atoms with Gasteiger partial charge in [-0.3, -0.25) is 0 Å². The molecule has 0 fully saturated rings. The number of nitrogens with one attached hydrogen (secondary N) is 1. The number of nitrogens with zero attached hydrogens (tertiary/aromatic N) is 3. The third kappa shape index (κ3) is 2.54. The van der Waals surface area contributed by atoms with Gasteiger partial charge in [0.25, 0.3) is 0 Å². The Morgan fingerprint density at radius 3 is 2.94 bits per heavy atom. The first kappa shape index (κ1) is 11.8. The quantitative estimate of drug-likeness (QED) is 0.925. The van der Waals surface area contributed by atoms with Gasteiger partial charge in [0.05, 0.1) is 0 Å². The van der Waals surface area contributed by atoms with Crippen LogP contribution in [-0.2, 0) is 0 Å². The fourth-order valence-electron chi connectivity index (χ4n) is 1.14. The Hall–Kier alpha value is -1.65. The molecule has 2 aromatic rings. The highest BCUT2D eigenvalue weighted by Gasteiger charge is 2.11. The third-order valence-corrected chi connectivity index (χ3v) is 3.96. The predicted octanol–water partition coefficient (Wildman–Crippen LogP) is 2.74. The van der Waals surface area contributed by atoms with Crippen LogP contribution in [0.1, 0.15) is 5.56 Å². The maximum Gasteiger partial charge on any atom is 0.206 e. The zero-order chi connectivity index (χ0) is 12.3. The molecule has 2 rings (SSSR count). The van der Waals surface area contributed by atoms with E-state index in [1.54, 1.807) is 19.2 Å². The van der Waals surface area contributed by atoms with E-state index in [1.165, 1.54) is 29.2 Å². The van der Waals surface area contributed by atoms with Gasteiger partial charge in [0.15, 0.2) is 4.34 Å². The molecule has 0 unspecified atom stereocenters. The molecular formula is C10H7FN4S2. The normalized spacial score (nSPS) is 9.94. The Morgan fingerprint density at radius 1 is 1.47 bits per heavy atom. The minimum absolute atomic E-state index is 0.0405. The number of rotatable bonds is 3. The summed E-state index contributed by atoms with van der Waals surface area (Å²) in [5, 5.41) is 20.2. The van der Waals surface area contributed by atoms with Gasteiger partial charge in [-0.2, -0.15) is 5.26 Å². The summed E-state index contributed by atoms with van der Waals surface area (Å²) in [5.41, 5.74) is 0.0405. The molecule has 1 N–H and O–H groups in total. The molecule has 0 saturated heterocycles. The second-order valence-corrected chi connectivity index (χ2v) is 5.22. The molecule has 7 heteroatoms. The number of halogens is 1. The van der Waals surface area contributed by atoms with Gasteiger partial charge < -0.3 is 5.32 Å². The van der Waals surface area contributed by atoms with Crippen LogP contribution in [-0.4, -0.2) is 17.2 Å². The van der Waals surface area contributed by atoms with E-state index >= 15 is 0 Å². The van der Waals surface area contributed by atoms with Crippen LogP contribution in [0.2, 0.25) is 0 Å². The van der Waals surface area contributed by atoms with Crippen molar-refractivity contribution in [3.63, 3.8) is 0 Å². The monoisotopic (exact) mass is 266 g/mol. The standard InChI is InChI=1S/C10H7FN4S2/c1-13-9-14-15-10(17-9)16-8-4-2-3-7(11)6(8)5-12/h2-4H,1H3,(H,13,14). The van der Waals surface area contributed by atoms with Crippen molar-refractivity contribution >= 4 is 28.2 Å². The van der Waals surface area contributed by atoms with Crippen molar-refractivity contribution in [3.8, 4) is 6.07 Å². The Bertz CT molecular complexity index is 576. The van der Waals surface area contributed by atoms with Gasteiger partial charge in [-0.05, 0) is 12.1 Å². The molecule has 17 heavy (non-hydrogen) atoms. The molecule has 1 heterocycles. The van der Waals surface area contributed by atoms with Crippen LogP contribution in [0.15, 0.2) is 27.4 Å². The fourth-order valence-corrected chi connectivity index (χ4v) is 2.91. The summed E-state index contributed by atoms with van der Waals surface area (Å²) in [6.45, 7) is 0. The molecule has 1 aromatic carbocycles. The number of hydrogen-bond donors (Lipinski definition) is 1. The highest BCUT2D eigenvalue weighted by atomic mass is 32.2. The molecule has 4 nitrogen and oxygen atoms in total. The molecule has 0 aliphatic carbocycles. The maximum absolute atomic E-state index is 13.3. The summed E-state index contributed by atoms with van der Waals surface area (Å²) in [7, 11) is 1.75. The van der Waals surface area contributed by atoms with Gasteiger partial charge in [0.1, 0.15) is 17.4 Å². The first-order valence-electron chi connectivity index (χ1n) is 4.62. The number of anilines is 1. The van der Waals surface area contributed by atoms with Crippen LogP contribution in [0, 0.1) is 17.1 Å².